The van der Waals surface area contributed by atoms with Crippen molar-refractivity contribution < 1.29 is 0 Å². The van der Waals surface area contributed by atoms with Gasteiger partial charge in [-0.1, -0.05) is 11.6 Å². The second-order valence-corrected chi connectivity index (χ2v) is 5.55. The maximum Gasteiger partial charge on any atom is 0.252 e. The molecule has 0 spiro atoms. The van der Waals surface area contributed by atoms with Crippen LogP contribution >= 0.6 is 0 Å². The Bertz CT molecular complexity index is 631. The minimum absolute atomic E-state index is 0.00135. The molecule has 0 fully saturated rings. The number of rotatable bonds is 6. The summed E-state index contributed by atoms with van der Waals surface area (Å²) in [6.45, 7) is 4.65. The summed E-state index contributed by atoms with van der Waals surface area (Å²) in [5, 5.41) is 4.42. The summed E-state index contributed by atoms with van der Waals surface area (Å²) in [5.41, 5.74) is 2.90. The first-order valence-electron chi connectivity index (χ1n) is 7.04. The molecule has 0 aliphatic heterocycles. The number of fused-ring (bicyclic) bond motifs is 1. The lowest BCUT2D eigenvalue weighted by Gasteiger charge is -2.10. The Kier molecular flexibility index (Phi) is 4.93. The first-order valence-corrected chi connectivity index (χ1v) is 7.04. The smallest absolute Gasteiger partial charge is 0.252 e. The predicted molar refractivity (Wildman–Crippen MR) is 84.2 cm³/mol. The van der Waals surface area contributed by atoms with E-state index >= 15 is 0 Å². The van der Waals surface area contributed by atoms with E-state index in [1.807, 2.05) is 18.2 Å². The van der Waals surface area contributed by atoms with Crippen LogP contribution in [0.25, 0.3) is 10.9 Å². The zero-order valence-corrected chi connectivity index (χ0v) is 12.5. The molecule has 2 aromatic rings. The highest BCUT2D eigenvalue weighted by molar-refractivity contribution is 5.79. The molecule has 0 saturated carbocycles. The van der Waals surface area contributed by atoms with Crippen LogP contribution in [0.2, 0.25) is 0 Å². The average Bonchev–Trinajstić information content (AvgIpc) is 2.39. The molecule has 0 atom stereocenters. The molecule has 1 heterocycles. The van der Waals surface area contributed by atoms with E-state index in [1.165, 1.54) is 5.56 Å². The van der Waals surface area contributed by atoms with Gasteiger partial charge < -0.3 is 15.2 Å². The number of hydrogen-bond donors (Lipinski definition) is 2. The molecule has 0 amide bonds. The van der Waals surface area contributed by atoms with E-state index in [0.717, 1.165) is 36.0 Å². The first-order chi connectivity index (χ1) is 9.56. The van der Waals surface area contributed by atoms with E-state index in [4.69, 9.17) is 0 Å². The van der Waals surface area contributed by atoms with Gasteiger partial charge in [-0.05, 0) is 64.1 Å². The monoisotopic (exact) mass is 273 g/mol. The van der Waals surface area contributed by atoms with Gasteiger partial charge in [0.15, 0.2) is 0 Å². The molecule has 1 aromatic heterocycles. The van der Waals surface area contributed by atoms with Crippen LogP contribution in [0.5, 0.6) is 0 Å². The van der Waals surface area contributed by atoms with Gasteiger partial charge in [-0.25, -0.2) is 0 Å². The van der Waals surface area contributed by atoms with E-state index in [1.54, 1.807) is 0 Å². The summed E-state index contributed by atoms with van der Waals surface area (Å²) in [7, 11) is 4.13. The number of aromatic nitrogens is 1. The molecule has 1 aromatic carbocycles. The summed E-state index contributed by atoms with van der Waals surface area (Å²) in [4.78, 5) is 17.1. The van der Waals surface area contributed by atoms with Crippen molar-refractivity contribution in [1.82, 2.24) is 15.2 Å². The van der Waals surface area contributed by atoms with Crippen LogP contribution in [-0.2, 0) is 6.54 Å². The lowest BCUT2D eigenvalue weighted by atomic mass is 10.1. The third-order valence-electron chi connectivity index (χ3n) is 3.35. The lowest BCUT2D eigenvalue weighted by molar-refractivity contribution is 0.394. The van der Waals surface area contributed by atoms with Crippen molar-refractivity contribution in [2.45, 2.75) is 19.9 Å². The topological polar surface area (TPSA) is 48.1 Å². The number of hydrogen-bond acceptors (Lipinski definition) is 3. The molecule has 20 heavy (non-hydrogen) atoms. The Labute approximate surface area is 119 Å². The number of benzene rings is 1. The van der Waals surface area contributed by atoms with Gasteiger partial charge in [0, 0.05) is 17.6 Å². The number of aryl methyl sites for hydroxylation is 1. The van der Waals surface area contributed by atoms with E-state index in [2.05, 4.69) is 42.3 Å². The number of nitrogens with one attached hydrogen (secondary N) is 2. The molecular weight excluding hydrogens is 250 g/mol. The second-order valence-electron chi connectivity index (χ2n) is 5.55. The molecule has 0 aliphatic rings. The minimum atomic E-state index is 0.00135. The molecular formula is C16H23N3O. The molecule has 108 valence electrons. The van der Waals surface area contributed by atoms with Gasteiger partial charge in [0.1, 0.15) is 0 Å². The van der Waals surface area contributed by atoms with Gasteiger partial charge in [0.2, 0.25) is 0 Å². The van der Waals surface area contributed by atoms with Crippen molar-refractivity contribution in [1.29, 1.82) is 0 Å². The Morgan fingerprint density at radius 3 is 2.80 bits per heavy atom. The average molecular weight is 273 g/mol. The van der Waals surface area contributed by atoms with Crippen LogP contribution in [0.1, 0.15) is 17.5 Å². The van der Waals surface area contributed by atoms with Gasteiger partial charge in [0.05, 0.1) is 0 Å². The van der Waals surface area contributed by atoms with Crippen molar-refractivity contribution >= 4 is 10.9 Å². The van der Waals surface area contributed by atoms with Crippen LogP contribution in [0.3, 0.4) is 0 Å². The molecule has 2 N–H and O–H groups in total. The standard InChI is InChI=1S/C16H23N3O/c1-12-5-6-15-13(9-12)10-14(16(20)18-15)11-17-7-4-8-19(2)3/h5-6,9-10,17H,4,7-8,11H2,1-3H3,(H,18,20). The highest BCUT2D eigenvalue weighted by atomic mass is 16.1. The fraction of sp³-hybridized carbons (Fsp3) is 0.438. The fourth-order valence-electron chi connectivity index (χ4n) is 2.25. The molecule has 0 bridgehead atoms. The van der Waals surface area contributed by atoms with Crippen LogP contribution in [0.15, 0.2) is 29.1 Å². The van der Waals surface area contributed by atoms with Crippen molar-refractivity contribution in [3.05, 3.63) is 45.7 Å². The highest BCUT2D eigenvalue weighted by Crippen LogP contribution is 2.12. The van der Waals surface area contributed by atoms with Crippen molar-refractivity contribution in [2.24, 2.45) is 0 Å². The quantitative estimate of drug-likeness (QED) is 0.790. The summed E-state index contributed by atoms with van der Waals surface area (Å²) in [6, 6.07) is 8.05. The molecule has 0 unspecified atom stereocenters. The van der Waals surface area contributed by atoms with Crippen LogP contribution < -0.4 is 10.9 Å². The van der Waals surface area contributed by atoms with Crippen LogP contribution in [0.4, 0.5) is 0 Å². The Morgan fingerprint density at radius 1 is 1.25 bits per heavy atom. The van der Waals surface area contributed by atoms with Crippen LogP contribution in [-0.4, -0.2) is 37.1 Å². The van der Waals surface area contributed by atoms with E-state index in [-0.39, 0.29) is 5.56 Å². The summed E-state index contributed by atoms with van der Waals surface area (Å²) >= 11 is 0. The van der Waals surface area contributed by atoms with Crippen molar-refractivity contribution in [2.75, 3.05) is 27.2 Å². The zero-order chi connectivity index (χ0) is 14.5. The van der Waals surface area contributed by atoms with E-state index < -0.39 is 0 Å². The second kappa shape index (κ2) is 6.68. The molecule has 4 heteroatoms. The first kappa shape index (κ1) is 14.8. The van der Waals surface area contributed by atoms with Crippen molar-refractivity contribution in [3.8, 4) is 0 Å². The van der Waals surface area contributed by atoms with Crippen molar-refractivity contribution in [3.63, 3.8) is 0 Å². The highest BCUT2D eigenvalue weighted by Gasteiger charge is 2.03. The number of H-pyrrole nitrogens is 1. The minimum Gasteiger partial charge on any atom is -0.322 e. The number of aromatic amines is 1. The largest absolute Gasteiger partial charge is 0.322 e. The summed E-state index contributed by atoms with van der Waals surface area (Å²) in [6.07, 6.45) is 1.08. The number of nitrogens with zero attached hydrogens (tertiary/aromatic N) is 1. The van der Waals surface area contributed by atoms with Crippen LogP contribution in [0, 0.1) is 6.92 Å². The van der Waals surface area contributed by atoms with E-state index in [0.29, 0.717) is 6.54 Å². The van der Waals surface area contributed by atoms with Gasteiger partial charge in [-0.2, -0.15) is 0 Å². The Hall–Kier alpha value is -1.65. The molecule has 0 saturated heterocycles. The van der Waals surface area contributed by atoms with Gasteiger partial charge >= 0.3 is 0 Å². The van der Waals surface area contributed by atoms with E-state index in [9.17, 15) is 4.79 Å². The zero-order valence-electron chi connectivity index (χ0n) is 12.5. The fourth-order valence-corrected chi connectivity index (χ4v) is 2.25. The molecule has 0 aliphatic carbocycles. The van der Waals surface area contributed by atoms with Gasteiger partial charge in [0.25, 0.3) is 5.56 Å². The lowest BCUT2D eigenvalue weighted by Crippen LogP contribution is -2.24. The molecule has 2 rings (SSSR count). The third-order valence-corrected chi connectivity index (χ3v) is 3.35. The normalized spacial score (nSPS) is 11.4. The van der Waals surface area contributed by atoms with Gasteiger partial charge in [-0.3, -0.25) is 4.79 Å². The maximum atomic E-state index is 12.0. The SMILES string of the molecule is Cc1ccc2[nH]c(=O)c(CNCCCN(C)C)cc2c1. The predicted octanol–water partition coefficient (Wildman–Crippen LogP) is 1.88. The molecule has 4 nitrogen and oxygen atoms in total. The summed E-state index contributed by atoms with van der Waals surface area (Å²) < 4.78 is 0. The van der Waals surface area contributed by atoms with Gasteiger partial charge in [-0.15, -0.1) is 0 Å². The number of pyridine rings is 1. The third kappa shape index (κ3) is 3.92. The summed E-state index contributed by atoms with van der Waals surface area (Å²) in [5.74, 6) is 0. The Balaban J connectivity index is 2.02. The Morgan fingerprint density at radius 2 is 2.05 bits per heavy atom. The maximum absolute atomic E-state index is 12.0. The molecule has 0 radical (unpaired) electrons.